The molecule has 1 aromatic carbocycles. The number of hydrogen-bond acceptors (Lipinski definition) is 3. The van der Waals surface area contributed by atoms with Gasteiger partial charge in [-0.2, -0.15) is 0 Å². The van der Waals surface area contributed by atoms with Gasteiger partial charge in [0.2, 0.25) is 0 Å². The summed E-state index contributed by atoms with van der Waals surface area (Å²) in [6.45, 7) is 7.22. The lowest BCUT2D eigenvalue weighted by molar-refractivity contribution is 0.590. The summed E-state index contributed by atoms with van der Waals surface area (Å²) in [5.41, 5.74) is 1.85. The molecule has 4 heteroatoms. The van der Waals surface area contributed by atoms with Gasteiger partial charge in [-0.25, -0.2) is 9.37 Å². The molecule has 0 radical (unpaired) electrons. The van der Waals surface area contributed by atoms with E-state index in [0.29, 0.717) is 18.0 Å². The van der Waals surface area contributed by atoms with Crippen molar-refractivity contribution in [2.24, 2.45) is 0 Å². The highest BCUT2D eigenvalue weighted by Crippen LogP contribution is 2.23. The number of nitrogens with one attached hydrogen (secondary N) is 1. The Morgan fingerprint density at radius 2 is 2.05 bits per heavy atom. The minimum atomic E-state index is -0.150. The lowest BCUT2D eigenvalue weighted by atomic mass is 10.1. The van der Waals surface area contributed by atoms with E-state index >= 15 is 0 Å². The Balaban J connectivity index is 2.15. The van der Waals surface area contributed by atoms with Crippen molar-refractivity contribution in [2.45, 2.75) is 46.2 Å². The molecule has 0 amide bonds. The molecule has 0 unspecified atom stereocenters. The summed E-state index contributed by atoms with van der Waals surface area (Å²) < 4.78 is 13.7. The van der Waals surface area contributed by atoms with Crippen molar-refractivity contribution in [3.63, 3.8) is 0 Å². The molecule has 2 aromatic rings. The minimum absolute atomic E-state index is 0.150. The first kappa shape index (κ1) is 15.1. The van der Waals surface area contributed by atoms with Crippen LogP contribution in [-0.4, -0.2) is 11.0 Å². The molecule has 0 aliphatic carbocycles. The third-order valence-electron chi connectivity index (χ3n) is 3.13. The molecular formula is C16H21FN2S. The fourth-order valence-corrected chi connectivity index (χ4v) is 3.16. The summed E-state index contributed by atoms with van der Waals surface area (Å²) in [7, 11) is 0. The van der Waals surface area contributed by atoms with Crippen molar-refractivity contribution < 1.29 is 4.39 Å². The van der Waals surface area contributed by atoms with E-state index in [0.717, 1.165) is 23.7 Å². The van der Waals surface area contributed by atoms with Crippen molar-refractivity contribution >= 4 is 11.3 Å². The molecule has 0 fully saturated rings. The predicted molar refractivity (Wildman–Crippen MR) is 82.7 cm³/mol. The monoisotopic (exact) mass is 292 g/mol. The maximum atomic E-state index is 13.7. The van der Waals surface area contributed by atoms with Crippen molar-refractivity contribution in [2.75, 3.05) is 0 Å². The second kappa shape index (κ2) is 6.95. The number of aromatic nitrogens is 1. The van der Waals surface area contributed by atoms with Gasteiger partial charge >= 0.3 is 0 Å². The van der Waals surface area contributed by atoms with Crippen LogP contribution in [0.15, 0.2) is 24.3 Å². The van der Waals surface area contributed by atoms with Crippen LogP contribution in [-0.2, 0) is 19.4 Å². The largest absolute Gasteiger partial charge is 0.310 e. The van der Waals surface area contributed by atoms with Crippen molar-refractivity contribution in [3.8, 4) is 0 Å². The van der Waals surface area contributed by atoms with Crippen LogP contribution in [0.25, 0.3) is 0 Å². The number of hydrogen-bond donors (Lipinski definition) is 1. The zero-order valence-corrected chi connectivity index (χ0v) is 13.1. The summed E-state index contributed by atoms with van der Waals surface area (Å²) >= 11 is 1.69. The summed E-state index contributed by atoms with van der Waals surface area (Å²) in [5.74, 6) is -0.150. The second-order valence-corrected chi connectivity index (χ2v) is 6.30. The van der Waals surface area contributed by atoms with Gasteiger partial charge in [0.05, 0.1) is 10.7 Å². The fraction of sp³-hybridized carbons (Fsp3) is 0.438. The quantitative estimate of drug-likeness (QED) is 0.872. The Morgan fingerprint density at radius 3 is 2.70 bits per heavy atom. The van der Waals surface area contributed by atoms with E-state index in [4.69, 9.17) is 0 Å². The molecule has 0 spiro atoms. The van der Waals surface area contributed by atoms with Gasteiger partial charge in [0.15, 0.2) is 0 Å². The van der Waals surface area contributed by atoms with E-state index in [1.165, 1.54) is 10.9 Å². The predicted octanol–water partition coefficient (Wildman–Crippen LogP) is 3.93. The lowest BCUT2D eigenvalue weighted by Crippen LogP contribution is -2.21. The highest BCUT2D eigenvalue weighted by molar-refractivity contribution is 7.11. The van der Waals surface area contributed by atoms with Crippen molar-refractivity contribution in [1.29, 1.82) is 0 Å². The number of thiazole rings is 1. The molecule has 1 aromatic heterocycles. The SMILES string of the molecule is CCc1nc(Cc2ccccc2F)sc1CNC(C)C. The van der Waals surface area contributed by atoms with Gasteiger partial charge in [0.25, 0.3) is 0 Å². The van der Waals surface area contributed by atoms with Gasteiger partial charge in [-0.1, -0.05) is 39.0 Å². The Kier molecular flexibility index (Phi) is 5.26. The van der Waals surface area contributed by atoms with E-state index < -0.39 is 0 Å². The Bertz CT molecular complexity index is 563. The first-order valence-electron chi connectivity index (χ1n) is 7.04. The van der Waals surface area contributed by atoms with Gasteiger partial charge in [-0.15, -0.1) is 11.3 Å². The zero-order valence-electron chi connectivity index (χ0n) is 12.2. The fourth-order valence-electron chi connectivity index (χ4n) is 2.03. The molecule has 0 saturated heterocycles. The Hall–Kier alpha value is -1.26. The molecule has 1 heterocycles. The molecule has 1 N–H and O–H groups in total. The molecular weight excluding hydrogens is 271 g/mol. The molecule has 20 heavy (non-hydrogen) atoms. The van der Waals surface area contributed by atoms with Gasteiger partial charge in [0.1, 0.15) is 5.82 Å². The number of nitrogens with zero attached hydrogens (tertiary/aromatic N) is 1. The summed E-state index contributed by atoms with van der Waals surface area (Å²) in [4.78, 5) is 5.93. The molecule has 2 nitrogen and oxygen atoms in total. The Labute approximate surface area is 124 Å². The Morgan fingerprint density at radius 1 is 1.30 bits per heavy atom. The van der Waals surface area contributed by atoms with Crippen LogP contribution >= 0.6 is 11.3 Å². The van der Waals surface area contributed by atoms with Crippen LogP contribution in [0.4, 0.5) is 4.39 Å². The van der Waals surface area contributed by atoms with Crippen LogP contribution < -0.4 is 5.32 Å². The first-order chi connectivity index (χ1) is 9.60. The summed E-state index contributed by atoms with van der Waals surface area (Å²) in [6, 6.07) is 7.38. The molecule has 0 saturated carbocycles. The minimum Gasteiger partial charge on any atom is -0.310 e. The highest BCUT2D eigenvalue weighted by atomic mass is 32.1. The van der Waals surface area contributed by atoms with Crippen LogP contribution in [0.3, 0.4) is 0 Å². The number of benzene rings is 1. The van der Waals surface area contributed by atoms with Crippen LogP contribution in [0.2, 0.25) is 0 Å². The van der Waals surface area contributed by atoms with Gasteiger partial charge in [-0.3, -0.25) is 0 Å². The summed E-state index contributed by atoms with van der Waals surface area (Å²) in [6.07, 6.45) is 1.49. The maximum absolute atomic E-state index is 13.7. The van der Waals surface area contributed by atoms with E-state index in [2.05, 4.69) is 31.1 Å². The molecule has 0 bridgehead atoms. The first-order valence-corrected chi connectivity index (χ1v) is 7.86. The number of halogens is 1. The normalized spacial score (nSPS) is 11.2. The second-order valence-electron chi connectivity index (χ2n) is 5.13. The average Bonchev–Trinajstić information content (AvgIpc) is 2.81. The van der Waals surface area contributed by atoms with Gasteiger partial charge < -0.3 is 5.32 Å². The average molecular weight is 292 g/mol. The summed E-state index contributed by atoms with van der Waals surface area (Å²) in [5, 5.41) is 4.41. The zero-order chi connectivity index (χ0) is 14.5. The third kappa shape index (κ3) is 3.87. The molecule has 2 rings (SSSR count). The topological polar surface area (TPSA) is 24.9 Å². The van der Waals surface area contributed by atoms with E-state index in [-0.39, 0.29) is 5.82 Å². The standard InChI is InChI=1S/C16H21FN2S/c1-4-14-15(10-18-11(2)3)20-16(19-14)9-12-7-5-6-8-13(12)17/h5-8,11,18H,4,9-10H2,1-3H3. The maximum Gasteiger partial charge on any atom is 0.126 e. The number of rotatable bonds is 6. The van der Waals surface area contributed by atoms with Crippen LogP contribution in [0, 0.1) is 5.82 Å². The van der Waals surface area contributed by atoms with Crippen molar-refractivity contribution in [3.05, 3.63) is 51.2 Å². The van der Waals surface area contributed by atoms with Gasteiger partial charge in [0, 0.05) is 23.9 Å². The van der Waals surface area contributed by atoms with Gasteiger partial charge in [-0.05, 0) is 18.1 Å². The van der Waals surface area contributed by atoms with Crippen LogP contribution in [0.5, 0.6) is 0 Å². The van der Waals surface area contributed by atoms with Crippen LogP contribution in [0.1, 0.15) is 41.9 Å². The highest BCUT2D eigenvalue weighted by Gasteiger charge is 2.12. The molecule has 0 aliphatic rings. The number of aryl methyl sites for hydroxylation is 1. The molecule has 0 atom stereocenters. The van der Waals surface area contributed by atoms with E-state index in [1.807, 2.05) is 12.1 Å². The molecule has 108 valence electrons. The molecule has 0 aliphatic heterocycles. The van der Waals surface area contributed by atoms with E-state index in [9.17, 15) is 4.39 Å². The van der Waals surface area contributed by atoms with Crippen molar-refractivity contribution in [1.82, 2.24) is 10.3 Å². The smallest absolute Gasteiger partial charge is 0.126 e. The third-order valence-corrected chi connectivity index (χ3v) is 4.23. The lowest BCUT2D eigenvalue weighted by Gasteiger charge is -2.06. The van der Waals surface area contributed by atoms with E-state index in [1.54, 1.807) is 17.4 Å².